The Bertz CT molecular complexity index is 1010. The number of amides is 1. The monoisotopic (exact) mass is 382 g/mol. The molecular formula is C16H16F2N4O3S. The van der Waals surface area contributed by atoms with Crippen LogP contribution in [0.3, 0.4) is 0 Å². The summed E-state index contributed by atoms with van der Waals surface area (Å²) < 4.78 is 55.5. The molecule has 2 rings (SSSR count). The average molecular weight is 382 g/mol. The van der Waals surface area contributed by atoms with Gasteiger partial charge in [0.15, 0.2) is 5.82 Å². The number of nitrogens with one attached hydrogen (secondary N) is 2. The van der Waals surface area contributed by atoms with E-state index in [0.29, 0.717) is 0 Å². The van der Waals surface area contributed by atoms with E-state index >= 15 is 0 Å². The Balaban J connectivity index is 2.38. The third-order valence-electron chi connectivity index (χ3n) is 3.33. The number of rotatable bonds is 5. The van der Waals surface area contributed by atoms with Gasteiger partial charge in [-0.15, -0.1) is 0 Å². The molecule has 2 N–H and O–H groups in total. The number of benzene rings is 1. The number of carbonyl (C=O) groups is 1. The molecule has 0 spiro atoms. The largest absolute Gasteiger partial charge is 0.343 e. The molecule has 0 aliphatic carbocycles. The number of aryl methyl sites for hydroxylation is 1. The number of sulfonamides is 1. The first-order valence-corrected chi connectivity index (χ1v) is 8.93. The maximum absolute atomic E-state index is 14.6. The van der Waals surface area contributed by atoms with E-state index < -0.39 is 44.2 Å². The fourth-order valence-corrected chi connectivity index (χ4v) is 3.65. The predicted octanol–water partition coefficient (Wildman–Crippen LogP) is 2.11. The number of anilines is 1. The van der Waals surface area contributed by atoms with Gasteiger partial charge in [-0.1, -0.05) is 0 Å². The number of hydrogen-bond acceptors (Lipinski definition) is 4. The standard InChI is InChI=1S/C16H16F2N4O3S/c1-9(2)21-26(24,25)13-8-22(3)15(14(13)18)16(23)20-11-4-5-12(17)10(6-11)7-19/h4-6,8-9,21H,1-3H3,(H,20,23). The lowest BCUT2D eigenvalue weighted by atomic mass is 10.2. The highest BCUT2D eigenvalue weighted by Crippen LogP contribution is 2.22. The van der Waals surface area contributed by atoms with Crippen molar-refractivity contribution < 1.29 is 22.0 Å². The summed E-state index contributed by atoms with van der Waals surface area (Å²) >= 11 is 0. The second-order valence-corrected chi connectivity index (χ2v) is 7.49. The van der Waals surface area contributed by atoms with Gasteiger partial charge in [-0.2, -0.15) is 5.26 Å². The Labute approximate surface area is 149 Å². The normalized spacial score (nSPS) is 11.4. The van der Waals surface area contributed by atoms with Crippen molar-refractivity contribution in [3.8, 4) is 6.07 Å². The topological polar surface area (TPSA) is 104 Å². The van der Waals surface area contributed by atoms with Crippen LogP contribution in [0.5, 0.6) is 0 Å². The van der Waals surface area contributed by atoms with Crippen molar-refractivity contribution in [3.05, 3.63) is 47.3 Å². The molecule has 0 saturated carbocycles. The zero-order chi connectivity index (χ0) is 19.6. The van der Waals surface area contributed by atoms with E-state index in [-0.39, 0.29) is 11.3 Å². The number of aromatic nitrogens is 1. The van der Waals surface area contributed by atoms with Gasteiger partial charge in [0.05, 0.1) is 5.56 Å². The fourth-order valence-electron chi connectivity index (χ4n) is 2.27. The molecule has 0 bridgehead atoms. The molecule has 0 aliphatic rings. The van der Waals surface area contributed by atoms with Gasteiger partial charge in [0.2, 0.25) is 10.0 Å². The summed E-state index contributed by atoms with van der Waals surface area (Å²) in [7, 11) is -2.82. The highest BCUT2D eigenvalue weighted by molar-refractivity contribution is 7.89. The average Bonchev–Trinajstić information content (AvgIpc) is 2.83. The van der Waals surface area contributed by atoms with Crippen molar-refractivity contribution in [3.63, 3.8) is 0 Å². The van der Waals surface area contributed by atoms with Crippen LogP contribution in [0.15, 0.2) is 29.3 Å². The van der Waals surface area contributed by atoms with E-state index in [0.717, 1.165) is 22.9 Å². The van der Waals surface area contributed by atoms with E-state index in [1.54, 1.807) is 19.9 Å². The van der Waals surface area contributed by atoms with Crippen LogP contribution >= 0.6 is 0 Å². The molecule has 1 aromatic carbocycles. The summed E-state index contributed by atoms with van der Waals surface area (Å²) in [4.78, 5) is 11.7. The maximum Gasteiger partial charge on any atom is 0.275 e. The van der Waals surface area contributed by atoms with Crippen molar-refractivity contribution in [2.75, 3.05) is 5.32 Å². The van der Waals surface area contributed by atoms with Gasteiger partial charge in [0, 0.05) is 25.0 Å². The second-order valence-electron chi connectivity index (χ2n) is 5.80. The smallest absolute Gasteiger partial charge is 0.275 e. The first-order valence-electron chi connectivity index (χ1n) is 7.45. The van der Waals surface area contributed by atoms with Crippen LogP contribution in [-0.4, -0.2) is 24.9 Å². The highest BCUT2D eigenvalue weighted by Gasteiger charge is 2.29. The second kappa shape index (κ2) is 7.23. The lowest BCUT2D eigenvalue weighted by Crippen LogP contribution is -2.30. The van der Waals surface area contributed by atoms with Crippen LogP contribution in [0.1, 0.15) is 29.9 Å². The van der Waals surface area contributed by atoms with Gasteiger partial charge in [-0.25, -0.2) is 21.9 Å². The molecule has 0 radical (unpaired) electrons. The summed E-state index contributed by atoms with van der Waals surface area (Å²) in [6, 6.07) is 4.44. The van der Waals surface area contributed by atoms with Crippen LogP contribution in [0.25, 0.3) is 0 Å². The molecule has 26 heavy (non-hydrogen) atoms. The number of nitrogens with zero attached hydrogens (tertiary/aromatic N) is 2. The Kier molecular flexibility index (Phi) is 5.44. The van der Waals surface area contributed by atoms with Crippen LogP contribution in [0.4, 0.5) is 14.5 Å². The van der Waals surface area contributed by atoms with Crippen molar-refractivity contribution in [1.82, 2.24) is 9.29 Å². The van der Waals surface area contributed by atoms with Gasteiger partial charge in [-0.3, -0.25) is 4.79 Å². The molecule has 2 aromatic rings. The Morgan fingerprint density at radius 2 is 1.96 bits per heavy atom. The van der Waals surface area contributed by atoms with Crippen molar-refractivity contribution in [2.45, 2.75) is 24.8 Å². The number of carbonyl (C=O) groups excluding carboxylic acids is 1. The van der Waals surface area contributed by atoms with Crippen LogP contribution < -0.4 is 10.0 Å². The molecule has 0 fully saturated rings. The van der Waals surface area contributed by atoms with Gasteiger partial charge in [0.1, 0.15) is 22.5 Å². The lowest BCUT2D eigenvalue weighted by molar-refractivity contribution is 0.101. The van der Waals surface area contributed by atoms with E-state index in [2.05, 4.69) is 10.0 Å². The first-order chi connectivity index (χ1) is 12.1. The molecule has 0 atom stereocenters. The minimum Gasteiger partial charge on any atom is -0.343 e. The molecular weight excluding hydrogens is 366 g/mol. The summed E-state index contributed by atoms with van der Waals surface area (Å²) in [6.45, 7) is 3.15. The van der Waals surface area contributed by atoms with E-state index in [1.807, 2.05) is 0 Å². The van der Waals surface area contributed by atoms with E-state index in [4.69, 9.17) is 5.26 Å². The molecule has 138 valence electrons. The van der Waals surface area contributed by atoms with Gasteiger partial charge < -0.3 is 9.88 Å². The number of nitriles is 1. The van der Waals surface area contributed by atoms with Gasteiger partial charge in [-0.05, 0) is 32.0 Å². The van der Waals surface area contributed by atoms with Crippen molar-refractivity contribution in [2.24, 2.45) is 7.05 Å². The van der Waals surface area contributed by atoms with Gasteiger partial charge in [0.25, 0.3) is 5.91 Å². The Hall–Kier alpha value is -2.77. The minimum atomic E-state index is -4.13. The first kappa shape index (κ1) is 19.6. The molecule has 10 heteroatoms. The maximum atomic E-state index is 14.6. The quantitative estimate of drug-likeness (QED) is 0.826. The van der Waals surface area contributed by atoms with Crippen molar-refractivity contribution in [1.29, 1.82) is 5.26 Å². The van der Waals surface area contributed by atoms with Gasteiger partial charge >= 0.3 is 0 Å². The molecule has 1 heterocycles. The summed E-state index contributed by atoms with van der Waals surface area (Å²) in [5.74, 6) is -2.91. The summed E-state index contributed by atoms with van der Waals surface area (Å²) in [5, 5.41) is 11.1. The number of halogens is 2. The molecule has 0 unspecified atom stereocenters. The lowest BCUT2D eigenvalue weighted by Gasteiger charge is -2.08. The molecule has 7 nitrogen and oxygen atoms in total. The van der Waals surface area contributed by atoms with Crippen LogP contribution in [0.2, 0.25) is 0 Å². The molecule has 1 aromatic heterocycles. The third kappa shape index (κ3) is 3.89. The SMILES string of the molecule is CC(C)NS(=O)(=O)c1cn(C)c(C(=O)Nc2ccc(F)c(C#N)c2)c1F. The summed E-state index contributed by atoms with van der Waals surface area (Å²) in [5.41, 5.74) is -0.741. The molecule has 0 saturated heterocycles. The van der Waals surface area contributed by atoms with E-state index in [1.165, 1.54) is 13.1 Å². The Morgan fingerprint density at radius 3 is 2.54 bits per heavy atom. The highest BCUT2D eigenvalue weighted by atomic mass is 32.2. The fraction of sp³-hybridized carbons (Fsp3) is 0.250. The van der Waals surface area contributed by atoms with Crippen LogP contribution in [-0.2, 0) is 17.1 Å². The van der Waals surface area contributed by atoms with Crippen LogP contribution in [0, 0.1) is 23.0 Å². The zero-order valence-electron chi connectivity index (χ0n) is 14.2. The molecule has 1 amide bonds. The predicted molar refractivity (Wildman–Crippen MR) is 89.9 cm³/mol. The third-order valence-corrected chi connectivity index (χ3v) is 4.97. The Morgan fingerprint density at radius 1 is 1.31 bits per heavy atom. The zero-order valence-corrected chi connectivity index (χ0v) is 15.0. The summed E-state index contributed by atoms with van der Waals surface area (Å²) in [6.07, 6.45) is 0.986. The van der Waals surface area contributed by atoms with Crippen molar-refractivity contribution >= 4 is 21.6 Å². The van der Waals surface area contributed by atoms with E-state index in [9.17, 15) is 22.0 Å². The molecule has 0 aliphatic heterocycles. The minimum absolute atomic E-state index is 0.0678. The number of hydrogen-bond donors (Lipinski definition) is 2.